The highest BCUT2D eigenvalue weighted by Gasteiger charge is 2.06. The normalized spacial score (nSPS) is 11.2. The summed E-state index contributed by atoms with van der Waals surface area (Å²) >= 11 is 10.3. The molecule has 0 bridgehead atoms. The number of carbonyl (C=O) groups excluding carboxylic acids is 1. The number of halogens is 1. The van der Waals surface area contributed by atoms with E-state index in [-0.39, 0.29) is 5.78 Å². The number of rotatable bonds is 4. The molecule has 0 aliphatic rings. The van der Waals surface area contributed by atoms with E-state index < -0.39 is 0 Å². The number of nitrogens with zero attached hydrogens (tertiary/aromatic N) is 1. The third-order valence-corrected chi connectivity index (χ3v) is 5.62. The highest BCUT2D eigenvalue weighted by atomic mass is 35.5. The van der Waals surface area contributed by atoms with Gasteiger partial charge in [-0.25, -0.2) is 4.98 Å². The van der Waals surface area contributed by atoms with Crippen LogP contribution in [-0.4, -0.2) is 10.8 Å². The van der Waals surface area contributed by atoms with Crippen molar-refractivity contribution in [1.82, 2.24) is 4.98 Å². The van der Waals surface area contributed by atoms with Crippen LogP contribution in [0.15, 0.2) is 41.1 Å². The van der Waals surface area contributed by atoms with Gasteiger partial charge in [0.05, 0.1) is 19.8 Å². The molecule has 0 atom stereocenters. The van der Waals surface area contributed by atoms with E-state index in [0.29, 0.717) is 9.21 Å². The van der Waals surface area contributed by atoms with Crippen LogP contribution in [-0.2, 0) is 0 Å². The smallest absolute Gasteiger partial charge is 0.195 e. The minimum absolute atomic E-state index is 0.0485. The molecule has 0 saturated heterocycles. The van der Waals surface area contributed by atoms with Crippen LogP contribution in [0.1, 0.15) is 15.4 Å². The van der Waals surface area contributed by atoms with Crippen LogP contribution in [0.3, 0.4) is 0 Å². The van der Waals surface area contributed by atoms with Crippen molar-refractivity contribution < 1.29 is 4.79 Å². The minimum atomic E-state index is -0.0485. The van der Waals surface area contributed by atoms with Gasteiger partial charge >= 0.3 is 0 Å². The lowest BCUT2D eigenvalue weighted by Gasteiger charge is -1.88. The van der Waals surface area contributed by atoms with Crippen molar-refractivity contribution in [1.29, 1.82) is 0 Å². The second-order valence-corrected chi connectivity index (χ2v) is 7.38. The van der Waals surface area contributed by atoms with Crippen LogP contribution < -0.4 is 0 Å². The van der Waals surface area contributed by atoms with Gasteiger partial charge in [-0.3, -0.25) is 4.79 Å². The second-order valence-electron chi connectivity index (χ2n) is 3.86. The van der Waals surface area contributed by atoms with E-state index in [1.807, 2.05) is 22.9 Å². The van der Waals surface area contributed by atoms with Crippen LogP contribution in [0.25, 0.3) is 16.0 Å². The lowest BCUT2D eigenvalue weighted by Crippen LogP contribution is -1.88. The average Bonchev–Trinajstić information content (AvgIpc) is 3.16. The van der Waals surface area contributed by atoms with Gasteiger partial charge in [0.1, 0.15) is 5.01 Å². The van der Waals surface area contributed by atoms with Gasteiger partial charge in [0.25, 0.3) is 0 Å². The number of thiophene rings is 2. The minimum Gasteiger partial charge on any atom is -0.288 e. The van der Waals surface area contributed by atoms with Gasteiger partial charge in [0.2, 0.25) is 0 Å². The average molecular weight is 338 g/mol. The number of carbonyl (C=O) groups is 1. The molecule has 0 unspecified atom stereocenters. The quantitative estimate of drug-likeness (QED) is 0.466. The Hall–Kier alpha value is -1.27. The molecule has 3 heterocycles. The fourth-order valence-electron chi connectivity index (χ4n) is 1.57. The fourth-order valence-corrected chi connectivity index (χ4v) is 4.13. The molecule has 3 aromatic heterocycles. The van der Waals surface area contributed by atoms with Crippen molar-refractivity contribution in [2.75, 3.05) is 0 Å². The zero-order chi connectivity index (χ0) is 13.9. The van der Waals surface area contributed by atoms with Crippen LogP contribution >= 0.6 is 45.6 Å². The van der Waals surface area contributed by atoms with Gasteiger partial charge < -0.3 is 0 Å². The first-order valence-electron chi connectivity index (χ1n) is 5.69. The molecule has 2 nitrogen and oxygen atoms in total. The lowest BCUT2D eigenvalue weighted by molar-refractivity contribution is 0.105. The first-order chi connectivity index (χ1) is 9.72. The number of hydrogen-bond acceptors (Lipinski definition) is 5. The Bertz CT molecular complexity index is 755. The molecule has 0 aliphatic carbocycles. The molecule has 0 saturated carbocycles. The number of hydrogen-bond donors (Lipinski definition) is 0. The zero-order valence-corrected chi connectivity index (χ0v) is 13.3. The van der Waals surface area contributed by atoms with Gasteiger partial charge in [0, 0.05) is 5.38 Å². The van der Waals surface area contributed by atoms with Crippen molar-refractivity contribution in [3.63, 3.8) is 0 Å². The summed E-state index contributed by atoms with van der Waals surface area (Å²) in [5.41, 5.74) is 0.800. The molecule has 3 rings (SSSR count). The highest BCUT2D eigenvalue weighted by Crippen LogP contribution is 2.28. The monoisotopic (exact) mass is 337 g/mol. The molecular weight excluding hydrogens is 330 g/mol. The summed E-state index contributed by atoms with van der Waals surface area (Å²) in [6.07, 6.45) is 3.28. The van der Waals surface area contributed by atoms with Crippen LogP contribution in [0.2, 0.25) is 4.34 Å². The van der Waals surface area contributed by atoms with Gasteiger partial charge in [-0.05, 0) is 35.7 Å². The Kier molecular flexibility index (Phi) is 4.12. The molecule has 0 fully saturated rings. The lowest BCUT2D eigenvalue weighted by atomic mass is 10.3. The van der Waals surface area contributed by atoms with Gasteiger partial charge in [0.15, 0.2) is 5.78 Å². The van der Waals surface area contributed by atoms with Crippen LogP contribution in [0, 0.1) is 0 Å². The second kappa shape index (κ2) is 6.01. The van der Waals surface area contributed by atoms with E-state index in [1.165, 1.54) is 17.4 Å². The molecule has 3 aromatic rings. The Balaban J connectivity index is 1.75. The maximum Gasteiger partial charge on any atom is 0.195 e. The number of aromatic nitrogens is 1. The van der Waals surface area contributed by atoms with Gasteiger partial charge in [-0.2, -0.15) is 0 Å². The Morgan fingerprint density at radius 2 is 2.15 bits per heavy atom. The van der Waals surface area contributed by atoms with E-state index >= 15 is 0 Å². The molecule has 0 amide bonds. The summed E-state index contributed by atoms with van der Waals surface area (Å²) < 4.78 is 0.621. The summed E-state index contributed by atoms with van der Waals surface area (Å²) in [5, 5.41) is 4.95. The maximum absolute atomic E-state index is 11.9. The van der Waals surface area contributed by atoms with Crippen molar-refractivity contribution in [3.8, 4) is 9.88 Å². The summed E-state index contributed by atoms with van der Waals surface area (Å²) in [6.45, 7) is 0. The Morgan fingerprint density at radius 1 is 1.25 bits per heavy atom. The first kappa shape index (κ1) is 13.7. The molecule has 0 aliphatic heterocycles. The molecule has 0 N–H and O–H groups in total. The molecule has 100 valence electrons. The fraction of sp³-hybridized carbons (Fsp3) is 0. The topological polar surface area (TPSA) is 30.0 Å². The van der Waals surface area contributed by atoms with Crippen molar-refractivity contribution in [2.24, 2.45) is 0 Å². The van der Waals surface area contributed by atoms with E-state index in [9.17, 15) is 4.79 Å². The molecule has 0 spiro atoms. The summed E-state index contributed by atoms with van der Waals surface area (Å²) in [4.78, 5) is 18.2. The number of thiazole rings is 1. The third kappa shape index (κ3) is 3.07. The summed E-state index contributed by atoms with van der Waals surface area (Å²) in [6, 6.07) is 7.50. The number of ketones is 1. The van der Waals surface area contributed by atoms with E-state index in [2.05, 4.69) is 4.98 Å². The SMILES string of the molecule is O=C(C=Cc1csc(-c2cccs2)n1)c1ccc(Cl)s1. The highest BCUT2D eigenvalue weighted by molar-refractivity contribution is 7.20. The molecule has 0 radical (unpaired) electrons. The van der Waals surface area contributed by atoms with E-state index in [0.717, 1.165) is 15.6 Å². The molecule has 6 heteroatoms. The van der Waals surface area contributed by atoms with Gasteiger partial charge in [-0.15, -0.1) is 34.0 Å². The van der Waals surface area contributed by atoms with Crippen molar-refractivity contribution in [3.05, 3.63) is 56.0 Å². The molecule has 0 aromatic carbocycles. The van der Waals surface area contributed by atoms with Crippen molar-refractivity contribution in [2.45, 2.75) is 0 Å². The summed E-state index contributed by atoms with van der Waals surface area (Å²) in [7, 11) is 0. The Morgan fingerprint density at radius 3 is 2.85 bits per heavy atom. The van der Waals surface area contributed by atoms with Crippen molar-refractivity contribution >= 4 is 57.5 Å². The van der Waals surface area contributed by atoms with Crippen LogP contribution in [0.5, 0.6) is 0 Å². The third-order valence-electron chi connectivity index (χ3n) is 2.48. The van der Waals surface area contributed by atoms with Gasteiger partial charge in [-0.1, -0.05) is 17.7 Å². The standard InChI is InChI=1S/C14H8ClNOS3/c15-13-6-5-11(20-13)10(17)4-3-9-8-19-14(16-9)12-2-1-7-18-12/h1-8H. The van der Waals surface area contributed by atoms with E-state index in [1.54, 1.807) is 40.9 Å². The maximum atomic E-state index is 11.9. The molecular formula is C14H8ClNOS3. The molecule has 20 heavy (non-hydrogen) atoms. The van der Waals surface area contributed by atoms with Crippen LogP contribution in [0.4, 0.5) is 0 Å². The largest absolute Gasteiger partial charge is 0.288 e. The number of allylic oxidation sites excluding steroid dienone is 1. The first-order valence-corrected chi connectivity index (χ1v) is 8.65. The van der Waals surface area contributed by atoms with E-state index in [4.69, 9.17) is 11.6 Å². The summed E-state index contributed by atoms with van der Waals surface area (Å²) in [5.74, 6) is -0.0485. The zero-order valence-electron chi connectivity index (χ0n) is 10.1. The predicted octanol–water partition coefficient (Wildman–Crippen LogP) is 5.48. The predicted molar refractivity (Wildman–Crippen MR) is 88.1 cm³/mol. The Labute approximate surface area is 133 Å².